The normalized spacial score (nSPS) is 13.7. The van der Waals surface area contributed by atoms with Crippen molar-refractivity contribution in [3.8, 4) is 5.75 Å². The number of nitrogens with zero attached hydrogens (tertiary/aromatic N) is 1. The number of aliphatic hydroxyl groups excluding tert-OH is 1. The van der Waals surface area contributed by atoms with E-state index in [0.29, 0.717) is 13.2 Å². The summed E-state index contributed by atoms with van der Waals surface area (Å²) in [7, 11) is 0. The maximum atomic E-state index is 10.00. The number of hydrogen-bond acceptors (Lipinski definition) is 5. The zero-order valence-electron chi connectivity index (χ0n) is 13.9. The number of rotatable bonds is 10. The quantitative estimate of drug-likeness (QED) is 0.701. The monoisotopic (exact) mass is 334 g/mol. The zero-order valence-corrected chi connectivity index (χ0v) is 14.7. The minimum Gasteiger partial charge on any atom is -0.491 e. The van der Waals surface area contributed by atoms with Crippen molar-refractivity contribution in [1.82, 2.24) is 10.3 Å². The van der Waals surface area contributed by atoms with Gasteiger partial charge in [0, 0.05) is 30.1 Å². The Morgan fingerprint density at radius 2 is 2.09 bits per heavy atom. The molecular weight excluding hydrogens is 308 g/mol. The molecule has 1 heterocycles. The Hall–Kier alpha value is -1.43. The fraction of sp³-hybridized carbons (Fsp3) is 0.500. The van der Waals surface area contributed by atoms with Gasteiger partial charge in [0.15, 0.2) is 0 Å². The topological polar surface area (TPSA) is 54.4 Å². The first-order chi connectivity index (χ1) is 11.2. The average Bonchev–Trinajstić information content (AvgIpc) is 2.99. The number of para-hydroxylation sites is 1. The molecule has 2 atom stereocenters. The van der Waals surface area contributed by atoms with E-state index in [2.05, 4.69) is 24.1 Å². The van der Waals surface area contributed by atoms with Crippen LogP contribution in [-0.2, 0) is 12.8 Å². The van der Waals surface area contributed by atoms with Crippen molar-refractivity contribution < 1.29 is 9.84 Å². The first-order valence-corrected chi connectivity index (χ1v) is 9.02. The molecule has 0 bridgehead atoms. The van der Waals surface area contributed by atoms with Crippen LogP contribution < -0.4 is 10.1 Å². The molecule has 23 heavy (non-hydrogen) atoms. The lowest BCUT2D eigenvalue weighted by Gasteiger charge is -2.17. The van der Waals surface area contributed by atoms with Crippen LogP contribution in [-0.4, -0.2) is 35.4 Å². The Morgan fingerprint density at radius 1 is 1.30 bits per heavy atom. The van der Waals surface area contributed by atoms with E-state index >= 15 is 0 Å². The minimum atomic E-state index is -0.524. The van der Waals surface area contributed by atoms with Crippen LogP contribution >= 0.6 is 11.3 Å². The van der Waals surface area contributed by atoms with Gasteiger partial charge in [-0.25, -0.2) is 4.98 Å². The molecule has 4 nitrogen and oxygen atoms in total. The Balaban J connectivity index is 1.65. The van der Waals surface area contributed by atoms with Gasteiger partial charge in [0.1, 0.15) is 18.5 Å². The van der Waals surface area contributed by atoms with Crippen LogP contribution in [0, 0.1) is 0 Å². The number of nitrogens with one attached hydrogen (secondary N) is 1. The van der Waals surface area contributed by atoms with Crippen LogP contribution in [0.25, 0.3) is 0 Å². The Bertz CT molecular complexity index is 559. The largest absolute Gasteiger partial charge is 0.491 e. The first-order valence-electron chi connectivity index (χ1n) is 8.20. The van der Waals surface area contributed by atoms with Crippen LogP contribution in [0.1, 0.15) is 30.2 Å². The van der Waals surface area contributed by atoms with Crippen LogP contribution in [0.3, 0.4) is 0 Å². The van der Waals surface area contributed by atoms with Crippen molar-refractivity contribution in [3.63, 3.8) is 0 Å². The Kier molecular flexibility index (Phi) is 7.52. The fourth-order valence-corrected chi connectivity index (χ4v) is 3.40. The maximum absolute atomic E-state index is 10.00. The van der Waals surface area contributed by atoms with E-state index in [-0.39, 0.29) is 6.04 Å². The van der Waals surface area contributed by atoms with Crippen molar-refractivity contribution in [1.29, 1.82) is 0 Å². The van der Waals surface area contributed by atoms with Gasteiger partial charge in [-0.15, -0.1) is 11.3 Å². The van der Waals surface area contributed by atoms with E-state index in [1.807, 2.05) is 36.5 Å². The fourth-order valence-electron chi connectivity index (χ4n) is 2.24. The molecule has 2 N–H and O–H groups in total. The van der Waals surface area contributed by atoms with Crippen LogP contribution in [0.5, 0.6) is 5.75 Å². The number of ether oxygens (including phenoxy) is 1. The van der Waals surface area contributed by atoms with Crippen molar-refractivity contribution in [2.45, 2.75) is 45.3 Å². The molecule has 0 unspecified atom stereocenters. The lowest BCUT2D eigenvalue weighted by atomic mass is 10.2. The third-order valence-electron chi connectivity index (χ3n) is 3.47. The van der Waals surface area contributed by atoms with Crippen molar-refractivity contribution >= 4 is 11.3 Å². The number of aromatic nitrogens is 1. The molecule has 2 aromatic rings. The number of aryl methyl sites for hydroxylation is 1. The predicted molar refractivity (Wildman–Crippen MR) is 95.2 cm³/mol. The van der Waals surface area contributed by atoms with E-state index in [9.17, 15) is 5.11 Å². The van der Waals surface area contributed by atoms with Crippen LogP contribution in [0.4, 0.5) is 0 Å². The SMILES string of the molecule is CCCc1cnc(C[C@H](C)NC[C@H](O)COc2ccccc2)s1. The summed E-state index contributed by atoms with van der Waals surface area (Å²) in [6.45, 7) is 5.11. The highest BCUT2D eigenvalue weighted by Gasteiger charge is 2.10. The molecule has 0 aliphatic rings. The van der Waals surface area contributed by atoms with E-state index in [0.717, 1.165) is 30.0 Å². The second-order valence-electron chi connectivity index (χ2n) is 5.76. The summed E-state index contributed by atoms with van der Waals surface area (Å²) in [6.07, 6.45) is 4.61. The summed E-state index contributed by atoms with van der Waals surface area (Å²) in [4.78, 5) is 5.82. The summed E-state index contributed by atoms with van der Waals surface area (Å²) in [5.74, 6) is 0.783. The van der Waals surface area contributed by atoms with Gasteiger partial charge in [0.05, 0.1) is 5.01 Å². The number of benzene rings is 1. The molecule has 5 heteroatoms. The van der Waals surface area contributed by atoms with E-state index in [4.69, 9.17) is 4.74 Å². The Morgan fingerprint density at radius 3 is 2.83 bits per heavy atom. The first kappa shape index (κ1) is 17.9. The molecule has 0 spiro atoms. The van der Waals surface area contributed by atoms with Gasteiger partial charge in [0.2, 0.25) is 0 Å². The van der Waals surface area contributed by atoms with Crippen LogP contribution in [0.15, 0.2) is 36.5 Å². The standard InChI is InChI=1S/C18H26N2O2S/c1-3-7-17-12-20-18(23-17)10-14(2)19-11-15(21)13-22-16-8-5-4-6-9-16/h4-6,8-9,12,14-15,19,21H,3,7,10-11,13H2,1-2H3/t14-,15-/m0/s1. The van der Waals surface area contributed by atoms with Gasteiger partial charge in [-0.05, 0) is 25.5 Å². The third-order valence-corrected chi connectivity index (χ3v) is 4.55. The second kappa shape index (κ2) is 9.65. The summed E-state index contributed by atoms with van der Waals surface area (Å²) in [5.41, 5.74) is 0. The van der Waals surface area contributed by atoms with Gasteiger partial charge in [-0.1, -0.05) is 31.5 Å². The molecule has 1 aromatic carbocycles. The zero-order chi connectivity index (χ0) is 16.5. The van der Waals surface area contributed by atoms with Crippen molar-refractivity contribution in [2.24, 2.45) is 0 Å². The summed E-state index contributed by atoms with van der Waals surface area (Å²) >= 11 is 1.79. The number of thiazole rings is 1. The van der Waals surface area contributed by atoms with Gasteiger partial charge in [0.25, 0.3) is 0 Å². The molecule has 2 rings (SSSR count). The average molecular weight is 334 g/mol. The molecule has 126 valence electrons. The smallest absolute Gasteiger partial charge is 0.119 e. The van der Waals surface area contributed by atoms with Crippen LogP contribution in [0.2, 0.25) is 0 Å². The molecule has 0 aliphatic heterocycles. The highest BCUT2D eigenvalue weighted by Crippen LogP contribution is 2.16. The van der Waals surface area contributed by atoms with E-state index in [1.54, 1.807) is 11.3 Å². The summed E-state index contributed by atoms with van der Waals surface area (Å²) < 4.78 is 5.55. The molecule has 0 fully saturated rings. The number of aliphatic hydroxyl groups is 1. The highest BCUT2D eigenvalue weighted by molar-refractivity contribution is 7.11. The molecule has 0 amide bonds. The number of hydrogen-bond donors (Lipinski definition) is 2. The summed E-state index contributed by atoms with van der Waals surface area (Å²) in [5, 5.41) is 14.5. The lowest BCUT2D eigenvalue weighted by Crippen LogP contribution is -2.37. The van der Waals surface area contributed by atoms with Gasteiger partial charge >= 0.3 is 0 Å². The Labute approximate surface area is 142 Å². The van der Waals surface area contributed by atoms with E-state index < -0.39 is 6.10 Å². The predicted octanol–water partition coefficient (Wildman–Crippen LogP) is 3.06. The molecule has 0 saturated carbocycles. The minimum absolute atomic E-state index is 0.280. The lowest BCUT2D eigenvalue weighted by molar-refractivity contribution is 0.104. The summed E-state index contributed by atoms with van der Waals surface area (Å²) in [6, 6.07) is 9.84. The van der Waals surface area contributed by atoms with E-state index in [1.165, 1.54) is 4.88 Å². The van der Waals surface area contributed by atoms with Gasteiger partial charge in [-0.3, -0.25) is 0 Å². The molecule has 1 aromatic heterocycles. The highest BCUT2D eigenvalue weighted by atomic mass is 32.1. The molecule has 0 saturated heterocycles. The molecule has 0 radical (unpaired) electrons. The van der Waals surface area contributed by atoms with Gasteiger partial charge in [-0.2, -0.15) is 0 Å². The second-order valence-corrected chi connectivity index (χ2v) is 6.96. The van der Waals surface area contributed by atoms with Gasteiger partial charge < -0.3 is 15.2 Å². The van der Waals surface area contributed by atoms with Crippen molar-refractivity contribution in [3.05, 3.63) is 46.4 Å². The maximum Gasteiger partial charge on any atom is 0.119 e. The molecular formula is C18H26N2O2S. The van der Waals surface area contributed by atoms with Crippen molar-refractivity contribution in [2.75, 3.05) is 13.2 Å². The molecule has 0 aliphatic carbocycles. The third kappa shape index (κ3) is 6.69.